The van der Waals surface area contributed by atoms with Gasteiger partial charge in [-0.3, -0.25) is 9.59 Å². The van der Waals surface area contributed by atoms with Crippen LogP contribution in [0.2, 0.25) is 0 Å². The molecule has 0 spiro atoms. The summed E-state index contributed by atoms with van der Waals surface area (Å²) in [6, 6.07) is 13.6. The normalized spacial score (nSPS) is 17.3. The molecule has 6 heteroatoms. The predicted molar refractivity (Wildman–Crippen MR) is 96.8 cm³/mol. The molecule has 2 aromatic rings. The molecule has 132 valence electrons. The van der Waals surface area contributed by atoms with Gasteiger partial charge in [0, 0.05) is 28.9 Å². The van der Waals surface area contributed by atoms with Gasteiger partial charge < -0.3 is 20.1 Å². The lowest BCUT2D eigenvalue weighted by molar-refractivity contribution is -0.139. The number of esters is 1. The van der Waals surface area contributed by atoms with Crippen molar-refractivity contribution in [3.63, 3.8) is 0 Å². The minimum Gasteiger partial charge on any atom is -0.487 e. The molecule has 2 aliphatic rings. The van der Waals surface area contributed by atoms with Crippen molar-refractivity contribution in [1.29, 1.82) is 0 Å². The van der Waals surface area contributed by atoms with Gasteiger partial charge in [0.1, 0.15) is 12.4 Å². The van der Waals surface area contributed by atoms with Crippen LogP contribution in [-0.4, -0.2) is 25.5 Å². The highest BCUT2D eigenvalue weighted by atomic mass is 16.5. The maximum absolute atomic E-state index is 12.4. The third kappa shape index (κ3) is 2.84. The van der Waals surface area contributed by atoms with Crippen LogP contribution in [0, 0.1) is 0 Å². The van der Waals surface area contributed by atoms with Gasteiger partial charge in [-0.25, -0.2) is 0 Å². The average molecular weight is 350 g/mol. The number of hydrogen-bond acceptors (Lipinski definition) is 5. The lowest BCUT2D eigenvalue weighted by Gasteiger charge is -2.07. The molecule has 0 bridgehead atoms. The molecule has 1 amide bonds. The molecular weight excluding hydrogens is 332 g/mol. The zero-order chi connectivity index (χ0) is 18.1. The van der Waals surface area contributed by atoms with Gasteiger partial charge in [-0.1, -0.05) is 36.4 Å². The van der Waals surface area contributed by atoms with Crippen LogP contribution in [0.15, 0.2) is 42.5 Å². The van der Waals surface area contributed by atoms with Gasteiger partial charge in [-0.2, -0.15) is 0 Å². The number of nitrogens with one attached hydrogen (secondary N) is 2. The maximum Gasteiger partial charge on any atom is 0.319 e. The van der Waals surface area contributed by atoms with Crippen molar-refractivity contribution in [2.45, 2.75) is 13.2 Å². The van der Waals surface area contributed by atoms with Crippen molar-refractivity contribution in [2.75, 3.05) is 19.0 Å². The number of para-hydroxylation sites is 1. The van der Waals surface area contributed by atoms with E-state index in [0.29, 0.717) is 24.5 Å². The second-order valence-corrected chi connectivity index (χ2v) is 6.16. The number of ether oxygens (including phenoxy) is 2. The Bertz CT molecular complexity index is 933. The summed E-state index contributed by atoms with van der Waals surface area (Å²) in [6.07, 6.45) is 0. The van der Waals surface area contributed by atoms with Gasteiger partial charge in [0.25, 0.3) is 5.91 Å². The van der Waals surface area contributed by atoms with E-state index in [1.54, 1.807) is 0 Å². The van der Waals surface area contributed by atoms with E-state index in [9.17, 15) is 9.59 Å². The lowest BCUT2D eigenvalue weighted by atomic mass is 9.99. The summed E-state index contributed by atoms with van der Waals surface area (Å²) in [5.41, 5.74) is 5.25. The molecule has 2 aliphatic heterocycles. The molecule has 0 saturated heterocycles. The Balaban J connectivity index is 1.61. The average Bonchev–Trinajstić information content (AvgIpc) is 3.20. The van der Waals surface area contributed by atoms with E-state index < -0.39 is 0 Å². The monoisotopic (exact) mass is 350 g/mol. The zero-order valence-corrected chi connectivity index (χ0v) is 14.3. The summed E-state index contributed by atoms with van der Waals surface area (Å²) in [4.78, 5) is 23.6. The maximum atomic E-state index is 12.4. The standard InChI is InChI=1S/C20H18N2O4/c1-25-17(23)10-21-9-12-6-7-14-13(8-12)11-26-19(14)18-15-4-2-3-5-16(15)22-20(18)24/h2-8,21H,9-11H2,1H3,(H,22,24). The minimum atomic E-state index is -0.299. The molecule has 0 unspecified atom stereocenters. The van der Waals surface area contributed by atoms with Gasteiger partial charge in [-0.15, -0.1) is 0 Å². The SMILES string of the molecule is COC(=O)CNCc1ccc2c(c1)COC2=C1C(=O)Nc2ccccc21. The Kier molecular flexibility index (Phi) is 4.18. The summed E-state index contributed by atoms with van der Waals surface area (Å²) in [7, 11) is 1.36. The quantitative estimate of drug-likeness (QED) is 0.654. The second kappa shape index (κ2) is 6.65. The summed E-state index contributed by atoms with van der Waals surface area (Å²) in [5.74, 6) is 0.182. The molecule has 2 N–H and O–H groups in total. The third-order valence-corrected chi connectivity index (χ3v) is 4.51. The molecule has 0 aliphatic carbocycles. The Labute approximate surface area is 150 Å². The van der Waals surface area contributed by atoms with Crippen molar-refractivity contribution >= 4 is 28.9 Å². The predicted octanol–water partition coefficient (Wildman–Crippen LogP) is 2.30. The van der Waals surface area contributed by atoms with Crippen molar-refractivity contribution in [1.82, 2.24) is 5.32 Å². The first-order valence-corrected chi connectivity index (χ1v) is 8.35. The minimum absolute atomic E-state index is 0.141. The van der Waals surface area contributed by atoms with E-state index in [0.717, 1.165) is 27.9 Å². The number of amides is 1. The van der Waals surface area contributed by atoms with Crippen molar-refractivity contribution in [3.8, 4) is 0 Å². The van der Waals surface area contributed by atoms with Crippen LogP contribution in [0.4, 0.5) is 5.69 Å². The van der Waals surface area contributed by atoms with E-state index in [4.69, 9.17) is 4.74 Å². The molecule has 0 radical (unpaired) electrons. The topological polar surface area (TPSA) is 76.7 Å². The highest BCUT2D eigenvalue weighted by Gasteiger charge is 2.32. The van der Waals surface area contributed by atoms with Crippen LogP contribution >= 0.6 is 0 Å². The lowest BCUT2D eigenvalue weighted by Crippen LogP contribution is -2.23. The molecule has 2 aromatic carbocycles. The Morgan fingerprint density at radius 1 is 1.23 bits per heavy atom. The van der Waals surface area contributed by atoms with Crippen LogP contribution in [0.5, 0.6) is 0 Å². The number of anilines is 1. The largest absolute Gasteiger partial charge is 0.487 e. The molecule has 26 heavy (non-hydrogen) atoms. The highest BCUT2D eigenvalue weighted by molar-refractivity contribution is 6.36. The number of carbonyl (C=O) groups excluding carboxylic acids is 2. The number of carbonyl (C=O) groups is 2. The highest BCUT2D eigenvalue weighted by Crippen LogP contribution is 2.41. The molecule has 4 rings (SSSR count). The first-order valence-electron chi connectivity index (χ1n) is 8.35. The Morgan fingerprint density at radius 3 is 2.92 bits per heavy atom. The number of hydrogen-bond donors (Lipinski definition) is 2. The first-order chi connectivity index (χ1) is 12.7. The molecule has 2 heterocycles. The van der Waals surface area contributed by atoms with Crippen LogP contribution in [0.3, 0.4) is 0 Å². The number of rotatable bonds is 4. The third-order valence-electron chi connectivity index (χ3n) is 4.51. The number of benzene rings is 2. The van der Waals surface area contributed by atoms with Gasteiger partial charge in [0.05, 0.1) is 19.2 Å². The van der Waals surface area contributed by atoms with Crippen LogP contribution in [-0.2, 0) is 32.2 Å². The van der Waals surface area contributed by atoms with E-state index in [-0.39, 0.29) is 18.4 Å². The van der Waals surface area contributed by atoms with Crippen LogP contribution in [0.25, 0.3) is 11.3 Å². The Hall–Kier alpha value is -3.12. The van der Waals surface area contributed by atoms with E-state index in [1.165, 1.54) is 7.11 Å². The van der Waals surface area contributed by atoms with Crippen molar-refractivity contribution in [3.05, 3.63) is 64.7 Å². The summed E-state index contributed by atoms with van der Waals surface area (Å²) < 4.78 is 10.5. The molecule has 6 nitrogen and oxygen atoms in total. The molecule has 0 atom stereocenters. The molecule has 0 saturated carbocycles. The van der Waals surface area contributed by atoms with Gasteiger partial charge in [0.15, 0.2) is 0 Å². The molecule has 0 aromatic heterocycles. The molecular formula is C20H18N2O4. The van der Waals surface area contributed by atoms with Gasteiger partial charge in [0.2, 0.25) is 0 Å². The van der Waals surface area contributed by atoms with Gasteiger partial charge >= 0.3 is 5.97 Å². The molecule has 0 fully saturated rings. The van der Waals surface area contributed by atoms with E-state index in [1.807, 2.05) is 42.5 Å². The second-order valence-electron chi connectivity index (χ2n) is 6.16. The Morgan fingerprint density at radius 2 is 2.08 bits per heavy atom. The first kappa shape index (κ1) is 16.4. The van der Waals surface area contributed by atoms with Crippen molar-refractivity contribution in [2.24, 2.45) is 0 Å². The van der Waals surface area contributed by atoms with E-state index in [2.05, 4.69) is 15.4 Å². The van der Waals surface area contributed by atoms with E-state index >= 15 is 0 Å². The van der Waals surface area contributed by atoms with Gasteiger partial charge in [-0.05, 0) is 11.6 Å². The fourth-order valence-electron chi connectivity index (χ4n) is 3.26. The fraction of sp³-hybridized carbons (Fsp3) is 0.200. The van der Waals surface area contributed by atoms with Crippen molar-refractivity contribution < 1.29 is 19.1 Å². The number of fused-ring (bicyclic) bond motifs is 2. The summed E-state index contributed by atoms with van der Waals surface area (Å²) in [6.45, 7) is 1.14. The van der Waals surface area contributed by atoms with Crippen LogP contribution in [0.1, 0.15) is 22.3 Å². The fourth-order valence-corrected chi connectivity index (χ4v) is 3.26. The summed E-state index contributed by atoms with van der Waals surface area (Å²) in [5, 5.41) is 5.92. The zero-order valence-electron chi connectivity index (χ0n) is 14.3. The van der Waals surface area contributed by atoms with Crippen LogP contribution < -0.4 is 10.6 Å². The summed E-state index contributed by atoms with van der Waals surface area (Å²) >= 11 is 0. The number of methoxy groups -OCH3 is 1. The smallest absolute Gasteiger partial charge is 0.319 e.